The Kier molecular flexibility index (Phi) is 6.59. The zero-order valence-corrected chi connectivity index (χ0v) is 22.0. The first-order valence-electron chi connectivity index (χ1n) is 12.3. The van der Waals surface area contributed by atoms with Crippen molar-refractivity contribution in [2.45, 2.75) is 18.9 Å². The first kappa shape index (κ1) is 23.6. The van der Waals surface area contributed by atoms with Gasteiger partial charge in [-0.2, -0.15) is 0 Å². The van der Waals surface area contributed by atoms with E-state index < -0.39 is 0 Å². The topological polar surface area (TPSA) is 73.6 Å². The average Bonchev–Trinajstić information content (AvgIpc) is 2.94. The Bertz CT molecular complexity index is 1590. The lowest BCUT2D eigenvalue weighted by Crippen LogP contribution is -2.23. The van der Waals surface area contributed by atoms with E-state index in [1.165, 1.54) is 0 Å². The normalized spacial score (nSPS) is 14.8. The molecule has 37 heavy (non-hydrogen) atoms. The summed E-state index contributed by atoms with van der Waals surface area (Å²) in [5.41, 5.74) is 6.47. The van der Waals surface area contributed by atoms with Gasteiger partial charge in [0, 0.05) is 29.6 Å². The van der Waals surface area contributed by atoms with E-state index in [2.05, 4.69) is 73.3 Å². The van der Waals surface area contributed by atoms with Crippen molar-refractivity contribution in [2.24, 2.45) is 4.99 Å². The van der Waals surface area contributed by atoms with E-state index in [1.807, 2.05) is 30.3 Å². The lowest BCUT2D eigenvalue weighted by Gasteiger charge is -2.22. The van der Waals surface area contributed by atoms with Crippen molar-refractivity contribution in [3.05, 3.63) is 88.8 Å². The molecule has 0 radical (unpaired) electrons. The minimum atomic E-state index is 0.192. The summed E-state index contributed by atoms with van der Waals surface area (Å²) >= 11 is 3.57. The van der Waals surface area contributed by atoms with Crippen LogP contribution in [0.3, 0.4) is 0 Å². The van der Waals surface area contributed by atoms with Crippen molar-refractivity contribution in [1.82, 2.24) is 14.5 Å². The Balaban J connectivity index is 1.62. The summed E-state index contributed by atoms with van der Waals surface area (Å²) in [6.07, 6.45) is 3.51. The van der Waals surface area contributed by atoms with E-state index in [-0.39, 0.29) is 6.04 Å². The van der Waals surface area contributed by atoms with E-state index >= 15 is 0 Å². The first-order valence-corrected chi connectivity index (χ1v) is 13.1. The highest BCUT2D eigenvalue weighted by molar-refractivity contribution is 9.10. The van der Waals surface area contributed by atoms with Gasteiger partial charge in [0.25, 0.3) is 0 Å². The van der Waals surface area contributed by atoms with Gasteiger partial charge in [0.05, 0.1) is 46.6 Å². The molecule has 1 aliphatic carbocycles. The fraction of sp³-hybridized carbons (Fsp3) is 0.207. The molecule has 1 saturated heterocycles. The number of para-hydroxylation sites is 2. The lowest BCUT2D eigenvalue weighted by molar-refractivity contribution is 0.0864. The number of nitrogens with one attached hydrogen (secondary N) is 1. The summed E-state index contributed by atoms with van der Waals surface area (Å²) in [7, 11) is 1.62. The molecule has 186 valence electrons. The fourth-order valence-corrected chi connectivity index (χ4v) is 4.99. The first-order chi connectivity index (χ1) is 18.2. The summed E-state index contributed by atoms with van der Waals surface area (Å²) in [5.74, 6) is 0.524. The van der Waals surface area contributed by atoms with Crippen LogP contribution in [0.5, 0.6) is 5.88 Å². The van der Waals surface area contributed by atoms with Crippen LogP contribution < -0.4 is 15.4 Å². The zero-order valence-electron chi connectivity index (χ0n) is 20.4. The Morgan fingerprint density at radius 1 is 1.00 bits per heavy atom. The van der Waals surface area contributed by atoms with Crippen LogP contribution in [0.25, 0.3) is 28.1 Å². The second-order valence-corrected chi connectivity index (χ2v) is 9.84. The lowest BCUT2D eigenvalue weighted by atomic mass is 10.1. The molecule has 1 aromatic heterocycles. The van der Waals surface area contributed by atoms with Crippen LogP contribution in [0.4, 0.5) is 11.4 Å². The Hall–Kier alpha value is -3.75. The fourth-order valence-electron chi connectivity index (χ4n) is 4.72. The van der Waals surface area contributed by atoms with E-state index in [4.69, 9.17) is 19.5 Å². The van der Waals surface area contributed by atoms with Gasteiger partial charge in [-0.15, -0.1) is 0 Å². The summed E-state index contributed by atoms with van der Waals surface area (Å²) < 4.78 is 14.4. The maximum atomic E-state index is 5.58. The molecule has 8 heteroatoms. The zero-order chi connectivity index (χ0) is 25.2. The number of aromatic nitrogens is 3. The second kappa shape index (κ2) is 10.3. The molecule has 3 aromatic rings. The molecule has 1 N–H and O–H groups in total. The molecule has 0 bridgehead atoms. The maximum absolute atomic E-state index is 5.58. The summed E-state index contributed by atoms with van der Waals surface area (Å²) in [4.78, 5) is 14.6. The van der Waals surface area contributed by atoms with Crippen LogP contribution >= 0.6 is 15.9 Å². The van der Waals surface area contributed by atoms with Crippen molar-refractivity contribution >= 4 is 38.3 Å². The highest BCUT2D eigenvalue weighted by Crippen LogP contribution is 2.32. The number of pyridine rings is 1. The molecule has 0 amide bonds. The molecule has 7 nitrogen and oxygen atoms in total. The number of hydrogen-bond acceptors (Lipinski definition) is 6. The third-order valence-corrected chi connectivity index (χ3v) is 7.06. The summed E-state index contributed by atoms with van der Waals surface area (Å²) in [5, 5.41) is 4.39. The van der Waals surface area contributed by atoms with Crippen LogP contribution in [0.2, 0.25) is 0 Å². The molecule has 6 rings (SSSR count). The molecule has 2 aromatic carbocycles. The number of benzene rings is 3. The number of nitrogens with zero attached hydrogens (tertiary/aromatic N) is 4. The van der Waals surface area contributed by atoms with Crippen LogP contribution in [0.1, 0.15) is 12.8 Å². The van der Waals surface area contributed by atoms with Crippen molar-refractivity contribution in [1.29, 1.82) is 0 Å². The van der Waals surface area contributed by atoms with E-state index in [0.29, 0.717) is 5.88 Å². The largest absolute Gasteiger partial charge is 0.480 e. The van der Waals surface area contributed by atoms with Gasteiger partial charge in [-0.25, -0.2) is 9.97 Å². The minimum absolute atomic E-state index is 0.192. The van der Waals surface area contributed by atoms with Crippen molar-refractivity contribution in [3.8, 4) is 23.0 Å². The number of fused-ring (bicyclic) bond motifs is 2. The number of anilines is 2. The van der Waals surface area contributed by atoms with E-state index in [9.17, 15) is 0 Å². The molecule has 0 saturated carbocycles. The SMILES string of the molecule is COc1ncccc1Nc1cc2nc3ccccc3n(-c3ccc(Br)cc3)c-2c/c1=N\C1CCOCC1. The van der Waals surface area contributed by atoms with Gasteiger partial charge >= 0.3 is 0 Å². The minimum Gasteiger partial charge on any atom is -0.480 e. The molecule has 1 fully saturated rings. The smallest absolute Gasteiger partial charge is 0.237 e. The highest BCUT2D eigenvalue weighted by Gasteiger charge is 2.19. The summed E-state index contributed by atoms with van der Waals surface area (Å²) in [6.45, 7) is 1.46. The molecular weight excluding hydrogens is 530 g/mol. The van der Waals surface area contributed by atoms with Gasteiger partial charge in [-0.05, 0) is 73.5 Å². The predicted molar refractivity (Wildman–Crippen MR) is 149 cm³/mol. The molecule has 0 spiro atoms. The standard InChI is InChI=1S/C29H26BrN5O2/c1-36-29-23(6-4-14-31-29)34-24-17-26-28(18-25(24)32-20-12-15-37-16-13-20)35(21-10-8-19(30)9-11-21)27-7-3-2-5-22(27)33-26/h2-11,14,17-18,20,34H,12-13,15-16H2,1H3/b32-25+. The average molecular weight is 556 g/mol. The molecule has 0 atom stereocenters. The molecular formula is C29H26BrN5O2. The van der Waals surface area contributed by atoms with Gasteiger partial charge in [0.1, 0.15) is 5.69 Å². The van der Waals surface area contributed by atoms with Crippen molar-refractivity contribution < 1.29 is 9.47 Å². The Morgan fingerprint density at radius 2 is 1.81 bits per heavy atom. The molecule has 3 aliphatic rings. The Labute approximate surface area is 223 Å². The summed E-state index contributed by atoms with van der Waals surface area (Å²) in [6, 6.07) is 24.8. The van der Waals surface area contributed by atoms with Crippen molar-refractivity contribution in [3.63, 3.8) is 0 Å². The number of rotatable bonds is 5. The van der Waals surface area contributed by atoms with Gasteiger partial charge < -0.3 is 19.4 Å². The Morgan fingerprint density at radius 3 is 2.62 bits per heavy atom. The highest BCUT2D eigenvalue weighted by atomic mass is 79.9. The van der Waals surface area contributed by atoms with Crippen LogP contribution in [0.15, 0.2) is 88.5 Å². The third kappa shape index (κ3) is 4.82. The van der Waals surface area contributed by atoms with Crippen LogP contribution in [0, 0.1) is 0 Å². The van der Waals surface area contributed by atoms with Crippen LogP contribution in [-0.4, -0.2) is 40.9 Å². The number of methoxy groups -OCH3 is 1. The quantitative estimate of drug-likeness (QED) is 0.264. The van der Waals surface area contributed by atoms with Gasteiger partial charge in [-0.3, -0.25) is 4.99 Å². The van der Waals surface area contributed by atoms with Gasteiger partial charge in [-0.1, -0.05) is 28.1 Å². The van der Waals surface area contributed by atoms with Gasteiger partial charge in [0.2, 0.25) is 5.88 Å². The monoisotopic (exact) mass is 555 g/mol. The maximum Gasteiger partial charge on any atom is 0.237 e. The number of ether oxygens (including phenoxy) is 2. The number of halogens is 1. The predicted octanol–water partition coefficient (Wildman–Crippen LogP) is 6.12. The van der Waals surface area contributed by atoms with E-state index in [1.54, 1.807) is 13.3 Å². The molecule has 3 heterocycles. The van der Waals surface area contributed by atoms with E-state index in [0.717, 1.165) is 75.4 Å². The second-order valence-electron chi connectivity index (χ2n) is 8.93. The van der Waals surface area contributed by atoms with Gasteiger partial charge in [0.15, 0.2) is 0 Å². The third-order valence-electron chi connectivity index (χ3n) is 6.53. The van der Waals surface area contributed by atoms with Crippen LogP contribution in [-0.2, 0) is 4.74 Å². The molecule has 0 unspecified atom stereocenters. The van der Waals surface area contributed by atoms with Crippen molar-refractivity contribution in [2.75, 3.05) is 25.6 Å². The number of hydrogen-bond donors (Lipinski definition) is 1. The molecule has 2 aliphatic heterocycles.